The predicted octanol–water partition coefficient (Wildman–Crippen LogP) is 3.34. The maximum absolute atomic E-state index is 13.3. The molecule has 0 spiro atoms. The van der Waals surface area contributed by atoms with Gasteiger partial charge in [0.05, 0.1) is 16.3 Å². The molecular weight excluding hydrogens is 446 g/mol. The Hall–Kier alpha value is -1.58. The van der Waals surface area contributed by atoms with Gasteiger partial charge >= 0.3 is 0 Å². The Balaban J connectivity index is 1.60. The fourth-order valence-electron chi connectivity index (χ4n) is 5.02. The fraction of sp³-hybridized carbons (Fsp3) is 0.652. The van der Waals surface area contributed by atoms with Crippen molar-refractivity contribution < 1.29 is 18.0 Å². The molecule has 0 N–H and O–H groups in total. The van der Waals surface area contributed by atoms with Crippen LogP contribution in [0.3, 0.4) is 0 Å². The van der Waals surface area contributed by atoms with E-state index in [9.17, 15) is 18.0 Å². The number of likely N-dealkylation sites (tertiary alicyclic amines) is 1. The van der Waals surface area contributed by atoms with Crippen molar-refractivity contribution >= 4 is 39.3 Å². The number of piperidine rings is 2. The normalized spacial score (nSPS) is 25.7. The number of fused-ring (bicyclic) bond motifs is 1. The molecule has 3 aliphatic heterocycles. The zero-order chi connectivity index (χ0) is 23.0. The first-order chi connectivity index (χ1) is 15.2. The van der Waals surface area contributed by atoms with E-state index in [1.165, 1.54) is 16.7 Å². The van der Waals surface area contributed by atoms with Crippen molar-refractivity contribution in [3.63, 3.8) is 0 Å². The third-order valence-electron chi connectivity index (χ3n) is 7.03. The highest BCUT2D eigenvalue weighted by molar-refractivity contribution is 8.00. The second kappa shape index (κ2) is 9.35. The predicted molar refractivity (Wildman–Crippen MR) is 126 cm³/mol. The number of anilines is 1. The molecule has 2 amide bonds. The number of benzene rings is 1. The van der Waals surface area contributed by atoms with Crippen molar-refractivity contribution in [2.45, 2.75) is 74.7 Å². The number of nitrogens with zero attached hydrogens (tertiary/aromatic N) is 3. The largest absolute Gasteiger partial charge is 0.336 e. The lowest BCUT2D eigenvalue weighted by Gasteiger charge is -2.40. The Bertz CT molecular complexity index is 979. The third kappa shape index (κ3) is 4.56. The quantitative estimate of drug-likeness (QED) is 0.662. The van der Waals surface area contributed by atoms with E-state index in [-0.39, 0.29) is 41.1 Å². The van der Waals surface area contributed by atoms with Crippen LogP contribution in [0.2, 0.25) is 0 Å². The Morgan fingerprint density at radius 2 is 1.72 bits per heavy atom. The molecule has 2 unspecified atom stereocenters. The van der Waals surface area contributed by atoms with Crippen LogP contribution >= 0.6 is 11.8 Å². The van der Waals surface area contributed by atoms with Crippen molar-refractivity contribution in [3.05, 3.63) is 18.2 Å². The Morgan fingerprint density at radius 3 is 2.38 bits per heavy atom. The molecule has 3 aliphatic rings. The monoisotopic (exact) mass is 479 g/mol. The highest BCUT2D eigenvalue weighted by atomic mass is 32.2. The van der Waals surface area contributed by atoms with E-state index in [4.69, 9.17) is 0 Å². The second-order valence-corrected chi connectivity index (χ2v) is 12.4. The summed E-state index contributed by atoms with van der Waals surface area (Å²) in [7, 11) is -3.64. The molecule has 1 aromatic carbocycles. The summed E-state index contributed by atoms with van der Waals surface area (Å²) in [6.07, 6.45) is 4.74. The summed E-state index contributed by atoms with van der Waals surface area (Å²) in [6.45, 7) is 7.23. The Kier molecular flexibility index (Phi) is 6.89. The van der Waals surface area contributed by atoms with Gasteiger partial charge in [-0.2, -0.15) is 4.31 Å². The summed E-state index contributed by atoms with van der Waals surface area (Å²) in [4.78, 5) is 30.4. The molecule has 176 valence electrons. The molecular formula is C23H33N3O4S2. The lowest BCUT2D eigenvalue weighted by Crippen LogP contribution is -2.52. The number of amides is 2. The van der Waals surface area contributed by atoms with E-state index in [0.29, 0.717) is 24.7 Å². The summed E-state index contributed by atoms with van der Waals surface area (Å²) in [5, 5.41) is 0. The van der Waals surface area contributed by atoms with Gasteiger partial charge in [-0.3, -0.25) is 9.59 Å². The Morgan fingerprint density at radius 1 is 1.06 bits per heavy atom. The number of carbonyl (C=O) groups is 2. The zero-order valence-corrected chi connectivity index (χ0v) is 20.8. The average Bonchev–Trinajstić information content (AvgIpc) is 2.75. The molecule has 4 rings (SSSR count). The number of rotatable bonds is 4. The van der Waals surface area contributed by atoms with Gasteiger partial charge < -0.3 is 9.80 Å². The van der Waals surface area contributed by atoms with Gasteiger partial charge in [-0.1, -0.05) is 6.92 Å². The molecule has 0 aromatic heterocycles. The van der Waals surface area contributed by atoms with Crippen LogP contribution in [0.1, 0.15) is 52.9 Å². The van der Waals surface area contributed by atoms with Crippen LogP contribution < -0.4 is 4.90 Å². The van der Waals surface area contributed by atoms with Gasteiger partial charge in [-0.15, -0.1) is 11.8 Å². The minimum atomic E-state index is -3.64. The van der Waals surface area contributed by atoms with Crippen LogP contribution in [0.15, 0.2) is 28.0 Å². The van der Waals surface area contributed by atoms with Crippen LogP contribution in [0.5, 0.6) is 0 Å². The molecule has 3 heterocycles. The van der Waals surface area contributed by atoms with E-state index in [1.54, 1.807) is 22.5 Å². The topological polar surface area (TPSA) is 78.0 Å². The zero-order valence-electron chi connectivity index (χ0n) is 19.1. The van der Waals surface area contributed by atoms with E-state index in [0.717, 1.165) is 37.0 Å². The molecule has 32 heavy (non-hydrogen) atoms. The fourth-order valence-corrected chi connectivity index (χ4v) is 7.43. The van der Waals surface area contributed by atoms with Gasteiger partial charge in [0.2, 0.25) is 21.8 Å². The first-order valence-corrected chi connectivity index (χ1v) is 14.0. The number of carbonyl (C=O) groups excluding carboxylic acids is 2. The standard InChI is InChI=1S/C23H33N3O4S2/c1-16-9-11-24(12-10-16)32(29,30)19-7-8-21-20(13-19)25(23(28)15-31-21)14-22(27)26-17(2)5-4-6-18(26)3/h7-8,13,16-18H,4-6,9-12,14-15H2,1-3H3. The molecule has 2 fully saturated rings. The number of thioether (sulfide) groups is 1. The maximum Gasteiger partial charge on any atom is 0.243 e. The second-order valence-electron chi connectivity index (χ2n) is 9.41. The van der Waals surface area contributed by atoms with Crippen molar-refractivity contribution in [1.82, 2.24) is 9.21 Å². The SMILES string of the molecule is CC1CCN(S(=O)(=O)c2ccc3c(c2)N(CC(=O)N2C(C)CCCC2C)C(=O)CS3)CC1. The summed E-state index contributed by atoms with van der Waals surface area (Å²) < 4.78 is 28.1. The molecule has 2 saturated heterocycles. The van der Waals surface area contributed by atoms with Crippen molar-refractivity contribution in [1.29, 1.82) is 0 Å². The van der Waals surface area contributed by atoms with Gasteiger partial charge in [0.25, 0.3) is 0 Å². The molecule has 0 radical (unpaired) electrons. The number of hydrogen-bond acceptors (Lipinski definition) is 5. The van der Waals surface area contributed by atoms with Crippen LogP contribution in [0, 0.1) is 5.92 Å². The highest BCUT2D eigenvalue weighted by Gasteiger charge is 2.35. The number of hydrogen-bond donors (Lipinski definition) is 0. The van der Waals surface area contributed by atoms with Gasteiger partial charge in [0.1, 0.15) is 6.54 Å². The van der Waals surface area contributed by atoms with E-state index >= 15 is 0 Å². The lowest BCUT2D eigenvalue weighted by molar-refractivity contribution is -0.136. The maximum atomic E-state index is 13.3. The molecule has 0 aliphatic carbocycles. The summed E-state index contributed by atoms with van der Waals surface area (Å²) in [6, 6.07) is 5.28. The first-order valence-electron chi connectivity index (χ1n) is 11.6. The molecule has 0 saturated carbocycles. The van der Waals surface area contributed by atoms with E-state index < -0.39 is 10.0 Å². The number of sulfonamides is 1. The van der Waals surface area contributed by atoms with Crippen LogP contribution in [0.25, 0.3) is 0 Å². The van der Waals surface area contributed by atoms with Gasteiger partial charge in [0, 0.05) is 30.1 Å². The smallest absolute Gasteiger partial charge is 0.243 e. The van der Waals surface area contributed by atoms with E-state index in [2.05, 4.69) is 20.8 Å². The van der Waals surface area contributed by atoms with Crippen molar-refractivity contribution in [2.75, 3.05) is 30.3 Å². The minimum Gasteiger partial charge on any atom is -0.336 e. The highest BCUT2D eigenvalue weighted by Crippen LogP contribution is 2.38. The minimum absolute atomic E-state index is 0.0498. The van der Waals surface area contributed by atoms with Crippen LogP contribution in [-0.2, 0) is 19.6 Å². The molecule has 1 aromatic rings. The molecule has 0 bridgehead atoms. The third-order valence-corrected chi connectivity index (χ3v) is 9.97. The van der Waals surface area contributed by atoms with Gasteiger partial charge in [0.15, 0.2) is 0 Å². The van der Waals surface area contributed by atoms with Gasteiger partial charge in [-0.05, 0) is 70.1 Å². The summed E-state index contributed by atoms with van der Waals surface area (Å²) in [5.41, 5.74) is 0.531. The lowest BCUT2D eigenvalue weighted by atomic mass is 9.97. The van der Waals surface area contributed by atoms with Crippen molar-refractivity contribution in [3.8, 4) is 0 Å². The summed E-state index contributed by atoms with van der Waals surface area (Å²) in [5.74, 6) is 0.547. The van der Waals surface area contributed by atoms with E-state index in [1.807, 2.05) is 4.90 Å². The first kappa shape index (κ1) is 23.6. The average molecular weight is 480 g/mol. The molecule has 7 nitrogen and oxygen atoms in total. The van der Waals surface area contributed by atoms with Crippen LogP contribution in [-0.4, -0.2) is 66.9 Å². The Labute approximate surface area is 195 Å². The van der Waals surface area contributed by atoms with Gasteiger partial charge in [-0.25, -0.2) is 8.42 Å². The summed E-state index contributed by atoms with van der Waals surface area (Å²) >= 11 is 1.39. The molecule has 9 heteroatoms. The van der Waals surface area contributed by atoms with Crippen LogP contribution in [0.4, 0.5) is 5.69 Å². The van der Waals surface area contributed by atoms with Crippen molar-refractivity contribution in [2.24, 2.45) is 5.92 Å². The molecule has 2 atom stereocenters.